The van der Waals surface area contributed by atoms with Crippen LogP contribution in [-0.2, 0) is 9.59 Å². The van der Waals surface area contributed by atoms with Crippen molar-refractivity contribution in [1.82, 2.24) is 5.32 Å². The number of hydrogen-bond acceptors (Lipinski definition) is 3. The third-order valence-electron chi connectivity index (χ3n) is 3.21. The molecule has 0 fully saturated rings. The van der Waals surface area contributed by atoms with E-state index in [1.165, 1.54) is 0 Å². The molecule has 0 radical (unpaired) electrons. The summed E-state index contributed by atoms with van der Waals surface area (Å²) in [5.41, 5.74) is 0.793. The zero-order valence-corrected chi connectivity index (χ0v) is 13.4. The maximum atomic E-state index is 12.0. The lowest BCUT2D eigenvalue weighted by Gasteiger charge is -2.22. The molecule has 0 heterocycles. The van der Waals surface area contributed by atoms with E-state index in [9.17, 15) is 9.59 Å². The fourth-order valence-corrected chi connectivity index (χ4v) is 1.62. The first-order valence-electron chi connectivity index (χ1n) is 7.15. The molecule has 1 aromatic rings. The van der Waals surface area contributed by atoms with Crippen molar-refractivity contribution in [2.45, 2.75) is 39.7 Å². The normalized spacial score (nSPS) is 11.3. The highest BCUT2D eigenvalue weighted by molar-refractivity contribution is 5.98. The van der Waals surface area contributed by atoms with Crippen molar-refractivity contribution in [2.75, 3.05) is 17.7 Å². The van der Waals surface area contributed by atoms with Gasteiger partial charge in [0.15, 0.2) is 0 Å². The first kappa shape index (κ1) is 17.2. The van der Waals surface area contributed by atoms with E-state index < -0.39 is 5.54 Å². The summed E-state index contributed by atoms with van der Waals surface area (Å²) in [5.74, 6) is 0.215. The first-order chi connectivity index (χ1) is 9.74. The van der Waals surface area contributed by atoms with E-state index in [4.69, 9.17) is 0 Å². The van der Waals surface area contributed by atoms with Crippen LogP contribution in [0.4, 0.5) is 11.4 Å². The first-order valence-corrected chi connectivity index (χ1v) is 7.15. The Labute approximate surface area is 126 Å². The van der Waals surface area contributed by atoms with E-state index in [0.29, 0.717) is 18.0 Å². The molecule has 0 bridgehead atoms. The number of anilines is 2. The Morgan fingerprint density at radius 3 is 1.95 bits per heavy atom. The number of carbonyl (C=O) groups excluding carboxylic acids is 2. The largest absolute Gasteiger partial charge is 0.326 e. The van der Waals surface area contributed by atoms with Gasteiger partial charge in [0.2, 0.25) is 11.8 Å². The van der Waals surface area contributed by atoms with E-state index in [1.807, 2.05) is 27.7 Å². The van der Waals surface area contributed by atoms with Gasteiger partial charge in [-0.15, -0.1) is 0 Å². The molecule has 0 spiro atoms. The molecule has 1 rings (SSSR count). The maximum absolute atomic E-state index is 12.0. The lowest BCUT2D eigenvalue weighted by molar-refractivity contribution is -0.121. The summed E-state index contributed by atoms with van der Waals surface area (Å²) in [7, 11) is 1.74. The maximum Gasteiger partial charge on any atom is 0.244 e. The lowest BCUT2D eigenvalue weighted by atomic mass is 10.1. The van der Waals surface area contributed by atoms with Crippen molar-refractivity contribution in [3.05, 3.63) is 24.3 Å². The molecular weight excluding hydrogens is 266 g/mol. The Morgan fingerprint density at radius 1 is 1.05 bits per heavy atom. The number of benzene rings is 1. The smallest absolute Gasteiger partial charge is 0.244 e. The van der Waals surface area contributed by atoms with Crippen LogP contribution in [-0.4, -0.2) is 24.4 Å². The molecule has 21 heavy (non-hydrogen) atoms. The molecule has 0 saturated carbocycles. The minimum atomic E-state index is -0.635. The average Bonchev–Trinajstić information content (AvgIpc) is 2.40. The highest BCUT2D eigenvalue weighted by atomic mass is 16.2. The Bertz CT molecular complexity index is 493. The molecule has 0 aromatic heterocycles. The number of carbonyl (C=O) groups is 2. The minimum Gasteiger partial charge on any atom is -0.326 e. The molecule has 0 atom stereocenters. The topological polar surface area (TPSA) is 70.2 Å². The summed E-state index contributed by atoms with van der Waals surface area (Å²) in [5, 5.41) is 8.61. The summed E-state index contributed by atoms with van der Waals surface area (Å²) in [6, 6.07) is 7.10. The number of nitrogens with one attached hydrogen (secondary N) is 3. The van der Waals surface area contributed by atoms with Crippen molar-refractivity contribution >= 4 is 23.2 Å². The van der Waals surface area contributed by atoms with Gasteiger partial charge in [0.05, 0.1) is 5.54 Å². The molecule has 0 saturated heterocycles. The summed E-state index contributed by atoms with van der Waals surface area (Å²) >= 11 is 0. The number of rotatable bonds is 6. The summed E-state index contributed by atoms with van der Waals surface area (Å²) < 4.78 is 0. The standard InChI is InChI=1S/C16H25N3O2/c1-11(2)10-14(20)18-12-6-8-13(9-7-12)19-15(21)16(3,4)17-5/h6-9,11,17H,10H2,1-5H3,(H,18,20)(H,19,21). The van der Waals surface area contributed by atoms with Crippen molar-refractivity contribution in [3.8, 4) is 0 Å². The van der Waals surface area contributed by atoms with Crippen LogP contribution >= 0.6 is 0 Å². The number of hydrogen-bond donors (Lipinski definition) is 3. The number of likely N-dealkylation sites (N-methyl/N-ethyl adjacent to an activating group) is 1. The molecule has 0 aliphatic heterocycles. The quantitative estimate of drug-likeness (QED) is 0.754. The van der Waals surface area contributed by atoms with Gasteiger partial charge in [-0.2, -0.15) is 0 Å². The van der Waals surface area contributed by atoms with Crippen LogP contribution in [0.5, 0.6) is 0 Å². The van der Waals surface area contributed by atoms with E-state index in [2.05, 4.69) is 16.0 Å². The Balaban J connectivity index is 2.62. The molecule has 5 nitrogen and oxygen atoms in total. The van der Waals surface area contributed by atoms with E-state index in [1.54, 1.807) is 31.3 Å². The molecule has 5 heteroatoms. The summed E-state index contributed by atoms with van der Waals surface area (Å²) in [6.45, 7) is 7.62. The van der Waals surface area contributed by atoms with Crippen LogP contribution in [0.3, 0.4) is 0 Å². The van der Waals surface area contributed by atoms with Gasteiger partial charge in [-0.3, -0.25) is 9.59 Å². The van der Waals surface area contributed by atoms with Gasteiger partial charge in [-0.25, -0.2) is 0 Å². The van der Waals surface area contributed by atoms with Gasteiger partial charge in [0.1, 0.15) is 0 Å². The van der Waals surface area contributed by atoms with Crippen LogP contribution in [0.25, 0.3) is 0 Å². The third kappa shape index (κ3) is 5.55. The van der Waals surface area contributed by atoms with Gasteiger partial charge in [-0.1, -0.05) is 13.8 Å². The molecule has 3 N–H and O–H groups in total. The third-order valence-corrected chi connectivity index (χ3v) is 3.21. The fourth-order valence-electron chi connectivity index (χ4n) is 1.62. The van der Waals surface area contributed by atoms with E-state index in [0.717, 1.165) is 5.69 Å². The van der Waals surface area contributed by atoms with Gasteiger partial charge in [-0.05, 0) is 51.1 Å². The van der Waals surface area contributed by atoms with Gasteiger partial charge < -0.3 is 16.0 Å². The lowest BCUT2D eigenvalue weighted by Crippen LogP contribution is -2.47. The van der Waals surface area contributed by atoms with Gasteiger partial charge in [0, 0.05) is 17.8 Å². The van der Waals surface area contributed by atoms with Gasteiger partial charge >= 0.3 is 0 Å². The van der Waals surface area contributed by atoms with Crippen LogP contribution in [0, 0.1) is 5.92 Å². The predicted molar refractivity (Wildman–Crippen MR) is 86.3 cm³/mol. The van der Waals surface area contributed by atoms with Crippen molar-refractivity contribution in [1.29, 1.82) is 0 Å². The molecule has 2 amide bonds. The average molecular weight is 291 g/mol. The summed E-state index contributed by atoms with van der Waals surface area (Å²) in [6.07, 6.45) is 0.495. The Kier molecular flexibility index (Phi) is 5.90. The number of amides is 2. The minimum absolute atomic E-state index is 0.00176. The Hall–Kier alpha value is -1.88. The molecule has 0 unspecified atom stereocenters. The Morgan fingerprint density at radius 2 is 1.52 bits per heavy atom. The monoisotopic (exact) mass is 291 g/mol. The summed E-state index contributed by atoms with van der Waals surface area (Å²) in [4.78, 5) is 23.7. The zero-order chi connectivity index (χ0) is 16.0. The van der Waals surface area contributed by atoms with Crippen LogP contribution < -0.4 is 16.0 Å². The van der Waals surface area contributed by atoms with Crippen molar-refractivity contribution < 1.29 is 9.59 Å². The van der Waals surface area contributed by atoms with Crippen LogP contribution in [0.1, 0.15) is 34.1 Å². The van der Waals surface area contributed by atoms with E-state index in [-0.39, 0.29) is 11.8 Å². The highest BCUT2D eigenvalue weighted by Crippen LogP contribution is 2.16. The fraction of sp³-hybridized carbons (Fsp3) is 0.500. The van der Waals surface area contributed by atoms with Gasteiger partial charge in [0.25, 0.3) is 0 Å². The van der Waals surface area contributed by atoms with Crippen LogP contribution in [0.15, 0.2) is 24.3 Å². The second-order valence-corrected chi connectivity index (χ2v) is 6.05. The SMILES string of the molecule is CNC(C)(C)C(=O)Nc1ccc(NC(=O)CC(C)C)cc1. The second kappa shape index (κ2) is 7.22. The van der Waals surface area contributed by atoms with Crippen LogP contribution in [0.2, 0.25) is 0 Å². The molecule has 116 valence electrons. The molecular formula is C16H25N3O2. The van der Waals surface area contributed by atoms with E-state index >= 15 is 0 Å². The molecule has 0 aliphatic rings. The molecule has 0 aliphatic carbocycles. The second-order valence-electron chi connectivity index (χ2n) is 6.05. The molecule has 1 aromatic carbocycles. The van der Waals surface area contributed by atoms with Crippen molar-refractivity contribution in [3.63, 3.8) is 0 Å². The van der Waals surface area contributed by atoms with Crippen molar-refractivity contribution in [2.24, 2.45) is 5.92 Å². The highest BCUT2D eigenvalue weighted by Gasteiger charge is 2.24. The predicted octanol–water partition coefficient (Wildman–Crippen LogP) is 2.61. The zero-order valence-electron chi connectivity index (χ0n) is 13.4.